The van der Waals surface area contributed by atoms with Crippen LogP contribution in [0.25, 0.3) is 10.8 Å². The lowest BCUT2D eigenvalue weighted by atomic mass is 9.80. The quantitative estimate of drug-likeness (QED) is 0.785. The highest BCUT2D eigenvalue weighted by atomic mass is 16.7. The van der Waals surface area contributed by atoms with Crippen LogP contribution in [0.15, 0.2) is 30.5 Å². The van der Waals surface area contributed by atoms with Gasteiger partial charge in [0.25, 0.3) is 0 Å². The van der Waals surface area contributed by atoms with Gasteiger partial charge in [-0.3, -0.25) is 4.98 Å². The van der Waals surface area contributed by atoms with Crippen molar-refractivity contribution >= 4 is 29.2 Å². The maximum Gasteiger partial charge on any atom is 0.515 e. The van der Waals surface area contributed by atoms with Crippen LogP contribution < -0.4 is 10.5 Å². The van der Waals surface area contributed by atoms with Crippen LogP contribution in [-0.4, -0.2) is 36.4 Å². The van der Waals surface area contributed by atoms with Crippen LogP contribution in [0.4, 0.5) is 5.69 Å². The fourth-order valence-corrected chi connectivity index (χ4v) is 3.73. The molecule has 0 N–H and O–H groups in total. The molecule has 25 heavy (non-hydrogen) atoms. The van der Waals surface area contributed by atoms with Crippen LogP contribution in [0.1, 0.15) is 47.0 Å². The van der Waals surface area contributed by atoms with E-state index in [9.17, 15) is 0 Å². The molecule has 1 aromatic heterocycles. The van der Waals surface area contributed by atoms with E-state index in [1.54, 1.807) is 0 Å². The van der Waals surface area contributed by atoms with Crippen molar-refractivity contribution in [1.82, 2.24) is 4.98 Å². The zero-order valence-electron chi connectivity index (χ0n) is 15.7. The molecule has 1 aromatic carbocycles. The van der Waals surface area contributed by atoms with Crippen LogP contribution in [0.5, 0.6) is 0 Å². The van der Waals surface area contributed by atoms with Crippen molar-refractivity contribution in [3.8, 4) is 0 Å². The van der Waals surface area contributed by atoms with Crippen molar-refractivity contribution in [2.75, 3.05) is 18.0 Å². The number of piperidine rings is 1. The third kappa shape index (κ3) is 2.83. The molecule has 0 spiro atoms. The van der Waals surface area contributed by atoms with Crippen LogP contribution >= 0.6 is 0 Å². The van der Waals surface area contributed by atoms with Crippen molar-refractivity contribution in [1.29, 1.82) is 0 Å². The van der Waals surface area contributed by atoms with E-state index in [0.29, 0.717) is 0 Å². The summed E-state index contributed by atoms with van der Waals surface area (Å²) in [5.41, 5.74) is 1.41. The zero-order chi connectivity index (χ0) is 17.7. The molecule has 0 radical (unpaired) electrons. The first-order valence-corrected chi connectivity index (χ1v) is 9.37. The van der Waals surface area contributed by atoms with E-state index < -0.39 is 7.12 Å². The molecule has 2 aliphatic heterocycles. The molecule has 0 aliphatic carbocycles. The van der Waals surface area contributed by atoms with Crippen molar-refractivity contribution < 1.29 is 9.31 Å². The lowest BCUT2D eigenvalue weighted by Gasteiger charge is -2.32. The second-order valence-corrected chi connectivity index (χ2v) is 8.21. The number of aromatic nitrogens is 1. The van der Waals surface area contributed by atoms with E-state index in [4.69, 9.17) is 14.3 Å². The number of nitrogens with zero attached hydrogens (tertiary/aromatic N) is 2. The highest BCUT2D eigenvalue weighted by molar-refractivity contribution is 6.64. The van der Waals surface area contributed by atoms with E-state index >= 15 is 0 Å². The van der Waals surface area contributed by atoms with Gasteiger partial charge in [0.15, 0.2) is 0 Å². The summed E-state index contributed by atoms with van der Waals surface area (Å²) in [5, 5.41) is 2.37. The normalized spacial score (nSPS) is 22.6. The minimum absolute atomic E-state index is 0.355. The Kier molecular flexibility index (Phi) is 4.04. The molecule has 0 atom stereocenters. The highest BCUT2D eigenvalue weighted by Gasteiger charge is 2.52. The van der Waals surface area contributed by atoms with E-state index in [0.717, 1.165) is 24.1 Å². The Bertz CT molecular complexity index is 768. The Morgan fingerprint density at radius 3 is 2.16 bits per heavy atom. The molecular formula is C20H27BN2O2. The molecule has 4 rings (SSSR count). The van der Waals surface area contributed by atoms with E-state index in [2.05, 4.69) is 56.9 Å². The Hall–Kier alpha value is -1.59. The summed E-state index contributed by atoms with van der Waals surface area (Å²) < 4.78 is 12.5. The maximum atomic E-state index is 6.25. The second-order valence-electron chi connectivity index (χ2n) is 8.21. The largest absolute Gasteiger partial charge is 0.515 e. The molecule has 0 saturated carbocycles. The maximum absolute atomic E-state index is 6.25. The fourth-order valence-electron chi connectivity index (χ4n) is 3.73. The molecule has 2 aromatic rings. The standard InChI is InChI=1S/C20H27BN2O2/c1-19(2)20(3,4)25-21(24-19)18-16-11-7-6-10-15(16)17(14-22-18)23-12-8-5-9-13-23/h6-7,10-11,14H,5,8-9,12-13H2,1-4H3. The number of benzene rings is 1. The first kappa shape index (κ1) is 16.9. The Labute approximate surface area is 150 Å². The highest BCUT2D eigenvalue weighted by Crippen LogP contribution is 2.37. The molecule has 4 nitrogen and oxygen atoms in total. The van der Waals surface area contributed by atoms with Crippen LogP contribution in [0, 0.1) is 0 Å². The molecule has 0 unspecified atom stereocenters. The second kappa shape index (κ2) is 5.99. The van der Waals surface area contributed by atoms with Gasteiger partial charge in [-0.25, -0.2) is 0 Å². The molecule has 2 fully saturated rings. The third-order valence-corrected chi connectivity index (χ3v) is 5.98. The molecule has 5 heteroatoms. The van der Waals surface area contributed by atoms with E-state index in [1.807, 2.05) is 6.20 Å². The molecule has 0 bridgehead atoms. The van der Waals surface area contributed by atoms with E-state index in [-0.39, 0.29) is 11.2 Å². The predicted molar refractivity (Wildman–Crippen MR) is 104 cm³/mol. The van der Waals surface area contributed by atoms with E-state index in [1.165, 1.54) is 30.3 Å². The molecule has 2 saturated heterocycles. The number of rotatable bonds is 2. The lowest BCUT2D eigenvalue weighted by Crippen LogP contribution is -2.41. The van der Waals surface area contributed by atoms with Gasteiger partial charge < -0.3 is 14.2 Å². The number of anilines is 1. The predicted octanol–water partition coefficient (Wildman–Crippen LogP) is 3.52. The Morgan fingerprint density at radius 1 is 0.920 bits per heavy atom. The van der Waals surface area contributed by atoms with Gasteiger partial charge in [-0.2, -0.15) is 0 Å². The first-order chi connectivity index (χ1) is 11.9. The summed E-state index contributed by atoms with van der Waals surface area (Å²) in [7, 11) is -0.426. The number of fused-ring (bicyclic) bond motifs is 1. The smallest absolute Gasteiger partial charge is 0.398 e. The van der Waals surface area contributed by atoms with Gasteiger partial charge in [-0.05, 0) is 47.0 Å². The zero-order valence-corrected chi connectivity index (χ0v) is 15.7. The van der Waals surface area contributed by atoms with Crippen molar-refractivity contribution in [2.24, 2.45) is 0 Å². The first-order valence-electron chi connectivity index (χ1n) is 9.37. The monoisotopic (exact) mass is 338 g/mol. The average molecular weight is 338 g/mol. The van der Waals surface area contributed by atoms with Gasteiger partial charge in [-0.1, -0.05) is 24.3 Å². The summed E-state index contributed by atoms with van der Waals surface area (Å²) in [6, 6.07) is 8.49. The summed E-state index contributed by atoms with van der Waals surface area (Å²) in [6.07, 6.45) is 5.85. The molecule has 2 aliphatic rings. The number of hydrogen-bond donors (Lipinski definition) is 0. The number of pyridine rings is 1. The topological polar surface area (TPSA) is 34.6 Å². The molecular weight excluding hydrogens is 311 g/mol. The Morgan fingerprint density at radius 2 is 1.52 bits per heavy atom. The van der Waals surface area contributed by atoms with Crippen LogP contribution in [-0.2, 0) is 9.31 Å². The summed E-state index contributed by atoms with van der Waals surface area (Å²) in [5.74, 6) is 0. The van der Waals surface area contributed by atoms with Gasteiger partial charge >= 0.3 is 7.12 Å². The minimum Gasteiger partial charge on any atom is -0.398 e. The molecule has 132 valence electrons. The summed E-state index contributed by atoms with van der Waals surface area (Å²) in [4.78, 5) is 7.27. The fraction of sp³-hybridized carbons (Fsp3) is 0.550. The van der Waals surface area contributed by atoms with Gasteiger partial charge in [0.1, 0.15) is 0 Å². The van der Waals surface area contributed by atoms with Gasteiger partial charge in [0, 0.05) is 23.9 Å². The summed E-state index contributed by atoms with van der Waals surface area (Å²) in [6.45, 7) is 10.5. The van der Waals surface area contributed by atoms with Gasteiger partial charge in [0.2, 0.25) is 0 Å². The lowest BCUT2D eigenvalue weighted by molar-refractivity contribution is 0.00578. The van der Waals surface area contributed by atoms with Crippen LogP contribution in [0.3, 0.4) is 0 Å². The minimum atomic E-state index is -0.426. The molecule has 3 heterocycles. The van der Waals surface area contributed by atoms with Gasteiger partial charge in [-0.15, -0.1) is 0 Å². The molecule has 0 amide bonds. The van der Waals surface area contributed by atoms with Crippen molar-refractivity contribution in [2.45, 2.75) is 58.2 Å². The van der Waals surface area contributed by atoms with Crippen molar-refractivity contribution in [3.63, 3.8) is 0 Å². The third-order valence-electron chi connectivity index (χ3n) is 5.98. The van der Waals surface area contributed by atoms with Crippen LogP contribution in [0.2, 0.25) is 0 Å². The van der Waals surface area contributed by atoms with Gasteiger partial charge in [0.05, 0.1) is 28.7 Å². The Balaban J connectivity index is 1.77. The van der Waals surface area contributed by atoms with Crippen molar-refractivity contribution in [3.05, 3.63) is 30.5 Å². The average Bonchev–Trinajstić information content (AvgIpc) is 2.82. The summed E-state index contributed by atoms with van der Waals surface area (Å²) >= 11 is 0. The SMILES string of the molecule is CC1(C)OB(c2ncc(N3CCCCC3)c3ccccc23)OC1(C)C. The number of hydrogen-bond acceptors (Lipinski definition) is 4.